The molecule has 5 heteroatoms. The van der Waals surface area contributed by atoms with Crippen LogP contribution in [-0.2, 0) is 0 Å². The Morgan fingerprint density at radius 3 is 2.67 bits per heavy atom. The third-order valence-corrected chi connectivity index (χ3v) is 4.08. The van der Waals surface area contributed by atoms with E-state index in [1.54, 1.807) is 0 Å². The number of nitrogen functional groups attached to an aromatic ring is 1. The summed E-state index contributed by atoms with van der Waals surface area (Å²) in [6, 6.07) is 0.350. The summed E-state index contributed by atoms with van der Waals surface area (Å²) in [7, 11) is 0. The molecule has 1 aliphatic rings. The lowest BCUT2D eigenvalue weighted by molar-refractivity contribution is 0.0960. The van der Waals surface area contributed by atoms with Crippen molar-refractivity contribution in [2.45, 2.75) is 45.6 Å². The van der Waals surface area contributed by atoms with Crippen LogP contribution in [0.15, 0.2) is 0 Å². The fourth-order valence-corrected chi connectivity index (χ4v) is 3.28. The first-order valence-electron chi connectivity index (χ1n) is 6.51. The van der Waals surface area contributed by atoms with Crippen molar-refractivity contribution in [3.05, 3.63) is 10.4 Å². The number of amides is 1. The van der Waals surface area contributed by atoms with Gasteiger partial charge in [0.2, 0.25) is 0 Å². The number of carbonyl (C=O) groups excluding carboxylic acids is 1. The van der Waals surface area contributed by atoms with Gasteiger partial charge in [0.15, 0.2) is 0 Å². The average molecular weight is 267 g/mol. The van der Waals surface area contributed by atoms with Crippen LogP contribution in [0.1, 0.15) is 54.8 Å². The first kappa shape index (κ1) is 13.2. The van der Waals surface area contributed by atoms with Gasteiger partial charge in [-0.15, -0.1) is 11.3 Å². The van der Waals surface area contributed by atoms with Crippen molar-refractivity contribution in [3.63, 3.8) is 0 Å². The summed E-state index contributed by atoms with van der Waals surface area (Å²) in [5.74, 6) is 0.490. The van der Waals surface area contributed by atoms with Crippen molar-refractivity contribution in [2.75, 3.05) is 17.6 Å². The molecule has 0 radical (unpaired) electrons. The quantitative estimate of drug-likeness (QED) is 0.768. The number of carbonyl (C=O) groups is 1. The third-order valence-electron chi connectivity index (χ3n) is 2.93. The number of nitrogens with two attached hydrogens (primary N) is 1. The van der Waals surface area contributed by atoms with Gasteiger partial charge in [0, 0.05) is 18.2 Å². The molecule has 0 saturated heterocycles. The number of thiophene rings is 1. The third kappa shape index (κ3) is 2.61. The maximum absolute atomic E-state index is 12.0. The van der Waals surface area contributed by atoms with E-state index in [1.165, 1.54) is 24.2 Å². The van der Waals surface area contributed by atoms with Crippen LogP contribution in [0, 0.1) is 0 Å². The molecule has 1 saturated carbocycles. The second-order valence-corrected chi connectivity index (χ2v) is 6.04. The van der Waals surface area contributed by atoms with Gasteiger partial charge >= 0.3 is 0 Å². The first-order chi connectivity index (χ1) is 8.54. The molecule has 1 amide bonds. The molecule has 2 rings (SSSR count). The van der Waals surface area contributed by atoms with E-state index in [4.69, 9.17) is 5.73 Å². The van der Waals surface area contributed by atoms with Crippen LogP contribution in [0.25, 0.3) is 0 Å². The van der Waals surface area contributed by atoms with Crippen molar-refractivity contribution in [1.82, 2.24) is 5.32 Å². The van der Waals surface area contributed by atoms with Gasteiger partial charge in [0.1, 0.15) is 4.88 Å². The van der Waals surface area contributed by atoms with Gasteiger partial charge in [-0.05, 0) is 39.5 Å². The highest BCUT2D eigenvalue weighted by Gasteiger charge is 2.32. The highest BCUT2D eigenvalue weighted by atomic mass is 32.1. The Bertz CT molecular complexity index is 449. The summed E-state index contributed by atoms with van der Waals surface area (Å²) in [5, 5.41) is 7.31. The van der Waals surface area contributed by atoms with Crippen LogP contribution in [0.4, 0.5) is 10.7 Å². The average Bonchev–Trinajstić information content (AvgIpc) is 3.05. The maximum Gasteiger partial charge on any atom is 0.263 e. The molecule has 0 aromatic carbocycles. The number of hydrogen-bond donors (Lipinski definition) is 3. The van der Waals surface area contributed by atoms with Gasteiger partial charge in [-0.1, -0.05) is 0 Å². The molecular weight excluding hydrogens is 246 g/mol. The maximum atomic E-state index is 12.0. The van der Waals surface area contributed by atoms with Crippen LogP contribution in [0.2, 0.25) is 0 Å². The summed E-state index contributed by atoms with van der Waals surface area (Å²) < 4.78 is 0. The minimum Gasteiger partial charge on any atom is -0.397 e. The van der Waals surface area contributed by atoms with Crippen molar-refractivity contribution in [1.29, 1.82) is 0 Å². The zero-order chi connectivity index (χ0) is 13.3. The Labute approximate surface area is 112 Å². The normalized spacial score (nSPS) is 14.9. The molecule has 0 atom stereocenters. The summed E-state index contributed by atoms with van der Waals surface area (Å²) >= 11 is 1.48. The lowest BCUT2D eigenvalue weighted by atomic mass is 10.1. The summed E-state index contributed by atoms with van der Waals surface area (Å²) in [6.45, 7) is 6.73. The lowest BCUT2D eigenvalue weighted by Crippen LogP contribution is -2.22. The predicted molar refractivity (Wildman–Crippen MR) is 77.5 cm³/mol. The second-order valence-electron chi connectivity index (χ2n) is 5.02. The summed E-state index contributed by atoms with van der Waals surface area (Å²) in [6.07, 6.45) is 2.37. The van der Waals surface area contributed by atoms with E-state index in [0.29, 0.717) is 29.1 Å². The molecule has 1 heterocycles. The van der Waals surface area contributed by atoms with Crippen molar-refractivity contribution < 1.29 is 4.79 Å². The molecule has 1 fully saturated rings. The SMILES string of the molecule is CCNC(=O)c1sc(NC(C)C)c(C2CC2)c1N. The van der Waals surface area contributed by atoms with Crippen molar-refractivity contribution in [3.8, 4) is 0 Å². The number of rotatable bonds is 5. The van der Waals surface area contributed by atoms with E-state index < -0.39 is 0 Å². The minimum atomic E-state index is -0.0568. The van der Waals surface area contributed by atoms with E-state index in [1.807, 2.05) is 6.92 Å². The molecule has 0 aliphatic heterocycles. The topological polar surface area (TPSA) is 67.2 Å². The Kier molecular flexibility index (Phi) is 3.80. The van der Waals surface area contributed by atoms with Crippen LogP contribution in [-0.4, -0.2) is 18.5 Å². The molecule has 1 aromatic rings. The fraction of sp³-hybridized carbons (Fsp3) is 0.615. The molecule has 18 heavy (non-hydrogen) atoms. The number of anilines is 2. The highest BCUT2D eigenvalue weighted by molar-refractivity contribution is 7.18. The standard InChI is InChI=1S/C13H21N3OS/c1-4-15-12(17)11-10(14)9(8-5-6-8)13(18-11)16-7(2)3/h7-8,16H,4-6,14H2,1-3H3,(H,15,17). The number of hydrogen-bond acceptors (Lipinski definition) is 4. The molecule has 1 aromatic heterocycles. The van der Waals surface area contributed by atoms with E-state index in [-0.39, 0.29) is 5.91 Å². The van der Waals surface area contributed by atoms with E-state index in [9.17, 15) is 4.79 Å². The smallest absolute Gasteiger partial charge is 0.263 e. The predicted octanol–water partition coefficient (Wildman–Crippen LogP) is 2.78. The Morgan fingerprint density at radius 1 is 1.50 bits per heavy atom. The summed E-state index contributed by atoms with van der Waals surface area (Å²) in [5.41, 5.74) is 8.00. The van der Waals surface area contributed by atoms with Gasteiger partial charge in [0.25, 0.3) is 5.91 Å². The second kappa shape index (κ2) is 5.18. The van der Waals surface area contributed by atoms with Gasteiger partial charge in [-0.2, -0.15) is 0 Å². The van der Waals surface area contributed by atoms with Gasteiger partial charge in [-0.3, -0.25) is 4.79 Å². The fourth-order valence-electron chi connectivity index (χ4n) is 2.01. The van der Waals surface area contributed by atoms with Crippen LogP contribution in [0.5, 0.6) is 0 Å². The molecule has 0 bridgehead atoms. The zero-order valence-corrected chi connectivity index (χ0v) is 12.0. The first-order valence-corrected chi connectivity index (χ1v) is 7.33. The van der Waals surface area contributed by atoms with Gasteiger partial charge in [0.05, 0.1) is 10.7 Å². The largest absolute Gasteiger partial charge is 0.397 e. The van der Waals surface area contributed by atoms with Crippen molar-refractivity contribution in [2.24, 2.45) is 0 Å². The van der Waals surface area contributed by atoms with Crippen LogP contribution < -0.4 is 16.4 Å². The van der Waals surface area contributed by atoms with Gasteiger partial charge < -0.3 is 16.4 Å². The molecule has 4 nitrogen and oxygen atoms in total. The molecule has 4 N–H and O–H groups in total. The highest BCUT2D eigenvalue weighted by Crippen LogP contribution is 2.50. The Hall–Kier alpha value is -1.23. The lowest BCUT2D eigenvalue weighted by Gasteiger charge is -2.10. The minimum absolute atomic E-state index is 0.0568. The Morgan fingerprint density at radius 2 is 2.17 bits per heavy atom. The van der Waals surface area contributed by atoms with Gasteiger partial charge in [-0.25, -0.2) is 0 Å². The van der Waals surface area contributed by atoms with Crippen molar-refractivity contribution >= 4 is 27.9 Å². The zero-order valence-electron chi connectivity index (χ0n) is 11.2. The molecule has 1 aliphatic carbocycles. The van der Waals surface area contributed by atoms with E-state index in [0.717, 1.165) is 10.6 Å². The van der Waals surface area contributed by atoms with E-state index in [2.05, 4.69) is 24.5 Å². The monoisotopic (exact) mass is 267 g/mol. The molecule has 0 unspecified atom stereocenters. The molecular formula is C13H21N3OS. The molecule has 0 spiro atoms. The van der Waals surface area contributed by atoms with Crippen LogP contribution >= 0.6 is 11.3 Å². The van der Waals surface area contributed by atoms with Crippen LogP contribution in [0.3, 0.4) is 0 Å². The summed E-state index contributed by atoms with van der Waals surface area (Å²) in [4.78, 5) is 12.6. The Balaban J connectivity index is 2.33. The number of nitrogens with one attached hydrogen (secondary N) is 2. The molecule has 100 valence electrons. The van der Waals surface area contributed by atoms with E-state index >= 15 is 0 Å².